The van der Waals surface area contributed by atoms with Crippen molar-refractivity contribution in [3.63, 3.8) is 0 Å². The van der Waals surface area contributed by atoms with Crippen molar-refractivity contribution < 1.29 is 23.7 Å². The Hall–Kier alpha value is -2.17. The van der Waals surface area contributed by atoms with Gasteiger partial charge in [-0.2, -0.15) is 0 Å². The van der Waals surface area contributed by atoms with Crippen LogP contribution >= 0.6 is 0 Å². The Morgan fingerprint density at radius 3 is 1.95 bits per heavy atom. The maximum absolute atomic E-state index is 11.9. The molecule has 0 radical (unpaired) electrons. The fourth-order valence-electron chi connectivity index (χ4n) is 2.22. The molecule has 5 nitrogen and oxygen atoms in total. The molecule has 0 fully saturated rings. The fraction of sp³-hybridized carbons (Fsp3) is 0.438. The van der Waals surface area contributed by atoms with E-state index >= 15 is 0 Å². The van der Waals surface area contributed by atoms with Gasteiger partial charge in [-0.3, -0.25) is 4.79 Å². The Morgan fingerprint density at radius 2 is 1.57 bits per heavy atom. The molecule has 1 aromatic carbocycles. The minimum Gasteiger partial charge on any atom is -0.493 e. The smallest absolute Gasteiger partial charge is 0.274 e. The quantitative estimate of drug-likeness (QED) is 0.752. The number of ether oxygens (including phenoxy) is 4. The summed E-state index contributed by atoms with van der Waals surface area (Å²) in [7, 11) is 0. The van der Waals surface area contributed by atoms with Crippen molar-refractivity contribution in [2.45, 2.75) is 33.5 Å². The Labute approximate surface area is 124 Å². The summed E-state index contributed by atoms with van der Waals surface area (Å²) in [6, 6.07) is 3.52. The molecule has 5 heteroatoms. The molecule has 1 aliphatic rings. The van der Waals surface area contributed by atoms with Crippen LogP contribution in [0.5, 0.6) is 11.5 Å². The van der Waals surface area contributed by atoms with E-state index in [1.165, 1.54) is 19.4 Å². The van der Waals surface area contributed by atoms with Gasteiger partial charge in [0, 0.05) is 12.5 Å². The van der Waals surface area contributed by atoms with E-state index in [2.05, 4.69) is 0 Å². The lowest BCUT2D eigenvalue weighted by Gasteiger charge is -2.25. The van der Waals surface area contributed by atoms with Crippen molar-refractivity contribution in [1.29, 1.82) is 0 Å². The molecule has 0 unspecified atom stereocenters. The van der Waals surface area contributed by atoms with E-state index in [-0.39, 0.29) is 5.78 Å². The van der Waals surface area contributed by atoms with Gasteiger partial charge in [-0.1, -0.05) is 0 Å². The van der Waals surface area contributed by atoms with Crippen LogP contribution in [0.25, 0.3) is 0 Å². The third kappa shape index (κ3) is 2.96. The number of Topliss-reactive ketones (excluding diaryl/α,β-unsaturated/α-hetero) is 1. The van der Waals surface area contributed by atoms with Gasteiger partial charge in [-0.05, 0) is 32.9 Å². The SMILES string of the molecule is CCOc1cc(C2(C)OC=CO2)cc(OCC)c1C(C)=O. The highest BCUT2D eigenvalue weighted by molar-refractivity contribution is 5.99. The normalized spacial score (nSPS) is 15.2. The number of ketones is 1. The number of hydrogen-bond donors (Lipinski definition) is 0. The topological polar surface area (TPSA) is 54.0 Å². The summed E-state index contributed by atoms with van der Waals surface area (Å²) in [6.07, 6.45) is 2.97. The van der Waals surface area contributed by atoms with E-state index in [0.717, 1.165) is 5.56 Å². The summed E-state index contributed by atoms with van der Waals surface area (Å²) in [5.41, 5.74) is 1.17. The summed E-state index contributed by atoms with van der Waals surface area (Å²) in [4.78, 5) is 11.9. The van der Waals surface area contributed by atoms with Crippen LogP contribution < -0.4 is 9.47 Å². The molecule has 0 N–H and O–H groups in total. The van der Waals surface area contributed by atoms with Crippen LogP contribution in [0.2, 0.25) is 0 Å². The lowest BCUT2D eigenvalue weighted by Crippen LogP contribution is -2.23. The minimum absolute atomic E-state index is 0.106. The molecule has 1 aromatic rings. The van der Waals surface area contributed by atoms with Gasteiger partial charge in [0.1, 0.15) is 29.6 Å². The highest BCUT2D eigenvalue weighted by atomic mass is 16.7. The van der Waals surface area contributed by atoms with Crippen LogP contribution in [0.15, 0.2) is 24.7 Å². The molecule has 114 valence electrons. The maximum Gasteiger partial charge on any atom is 0.274 e. The molecular weight excluding hydrogens is 272 g/mol. The summed E-state index contributed by atoms with van der Waals surface area (Å²) < 4.78 is 22.2. The van der Waals surface area contributed by atoms with E-state index in [1.54, 1.807) is 19.1 Å². The van der Waals surface area contributed by atoms with Crippen molar-refractivity contribution in [1.82, 2.24) is 0 Å². The van der Waals surface area contributed by atoms with Crippen LogP contribution in [0.3, 0.4) is 0 Å². The van der Waals surface area contributed by atoms with E-state index in [0.29, 0.717) is 30.3 Å². The van der Waals surface area contributed by atoms with Crippen LogP contribution in [-0.2, 0) is 15.3 Å². The molecule has 1 aliphatic heterocycles. The molecule has 2 rings (SSSR count). The molecule has 0 spiro atoms. The molecule has 1 heterocycles. The minimum atomic E-state index is -0.937. The predicted molar refractivity (Wildman–Crippen MR) is 77.4 cm³/mol. The van der Waals surface area contributed by atoms with E-state index in [4.69, 9.17) is 18.9 Å². The number of carbonyl (C=O) groups excluding carboxylic acids is 1. The van der Waals surface area contributed by atoms with Gasteiger partial charge in [0.2, 0.25) is 0 Å². The highest BCUT2D eigenvalue weighted by Crippen LogP contribution is 2.39. The third-order valence-electron chi connectivity index (χ3n) is 3.18. The van der Waals surface area contributed by atoms with Crippen molar-refractivity contribution >= 4 is 5.78 Å². The first-order valence-corrected chi connectivity index (χ1v) is 6.97. The van der Waals surface area contributed by atoms with Crippen molar-refractivity contribution in [2.24, 2.45) is 0 Å². The van der Waals surface area contributed by atoms with Crippen LogP contribution in [0.1, 0.15) is 43.6 Å². The van der Waals surface area contributed by atoms with Gasteiger partial charge >= 0.3 is 0 Å². The van der Waals surface area contributed by atoms with Crippen molar-refractivity contribution in [3.05, 3.63) is 35.8 Å². The van der Waals surface area contributed by atoms with Gasteiger partial charge in [0.05, 0.1) is 13.2 Å². The van der Waals surface area contributed by atoms with Crippen LogP contribution in [-0.4, -0.2) is 19.0 Å². The van der Waals surface area contributed by atoms with Gasteiger partial charge in [0.25, 0.3) is 5.79 Å². The molecule has 0 aromatic heterocycles. The predicted octanol–water partition coefficient (Wildman–Crippen LogP) is 3.38. The van der Waals surface area contributed by atoms with Crippen LogP contribution in [0, 0.1) is 0 Å². The zero-order valence-corrected chi connectivity index (χ0v) is 12.8. The number of rotatable bonds is 6. The highest BCUT2D eigenvalue weighted by Gasteiger charge is 2.34. The third-order valence-corrected chi connectivity index (χ3v) is 3.18. The average molecular weight is 292 g/mol. The molecule has 0 aliphatic carbocycles. The molecule has 0 atom stereocenters. The Kier molecular flexibility index (Phi) is 4.40. The first kappa shape index (κ1) is 15.2. The van der Waals surface area contributed by atoms with Gasteiger partial charge in [0.15, 0.2) is 5.78 Å². The first-order chi connectivity index (χ1) is 10.0. The van der Waals surface area contributed by atoms with E-state index in [1.807, 2.05) is 13.8 Å². The molecular formula is C16H20O5. The summed E-state index contributed by atoms with van der Waals surface area (Å²) >= 11 is 0. The molecule has 0 amide bonds. The number of benzene rings is 1. The second-order valence-electron chi connectivity index (χ2n) is 4.72. The fourth-order valence-corrected chi connectivity index (χ4v) is 2.22. The zero-order chi connectivity index (χ0) is 15.5. The van der Waals surface area contributed by atoms with Crippen molar-refractivity contribution in [3.8, 4) is 11.5 Å². The van der Waals surface area contributed by atoms with Gasteiger partial charge in [-0.15, -0.1) is 0 Å². The van der Waals surface area contributed by atoms with Crippen molar-refractivity contribution in [2.75, 3.05) is 13.2 Å². The van der Waals surface area contributed by atoms with Gasteiger partial charge < -0.3 is 18.9 Å². The Bertz CT molecular complexity index is 527. The standard InChI is InChI=1S/C16H20O5/c1-5-18-13-9-12(16(4)20-7-8-21-16)10-14(19-6-2)15(13)11(3)17/h7-10H,5-6H2,1-4H3. The van der Waals surface area contributed by atoms with Crippen LogP contribution in [0.4, 0.5) is 0 Å². The first-order valence-electron chi connectivity index (χ1n) is 6.97. The summed E-state index contributed by atoms with van der Waals surface area (Å²) in [5, 5.41) is 0. The largest absolute Gasteiger partial charge is 0.493 e. The Morgan fingerprint density at radius 1 is 1.10 bits per heavy atom. The zero-order valence-electron chi connectivity index (χ0n) is 12.8. The monoisotopic (exact) mass is 292 g/mol. The second kappa shape index (κ2) is 6.08. The number of hydrogen-bond acceptors (Lipinski definition) is 5. The lowest BCUT2D eigenvalue weighted by molar-refractivity contribution is -0.133. The second-order valence-corrected chi connectivity index (χ2v) is 4.72. The summed E-state index contributed by atoms with van der Waals surface area (Å²) in [5.74, 6) is -0.0879. The maximum atomic E-state index is 11.9. The lowest BCUT2D eigenvalue weighted by atomic mass is 10.0. The molecule has 21 heavy (non-hydrogen) atoms. The summed E-state index contributed by atoms with van der Waals surface area (Å²) in [6.45, 7) is 7.91. The van der Waals surface area contributed by atoms with E-state index < -0.39 is 5.79 Å². The molecule has 0 saturated heterocycles. The number of carbonyl (C=O) groups is 1. The van der Waals surface area contributed by atoms with Gasteiger partial charge in [-0.25, -0.2) is 0 Å². The molecule has 0 bridgehead atoms. The Balaban J connectivity index is 2.55. The van der Waals surface area contributed by atoms with E-state index in [9.17, 15) is 4.79 Å². The molecule has 0 saturated carbocycles. The average Bonchev–Trinajstić information content (AvgIpc) is 2.87.